The van der Waals surface area contributed by atoms with Gasteiger partial charge in [0.25, 0.3) is 0 Å². The summed E-state index contributed by atoms with van der Waals surface area (Å²) in [4.78, 5) is 50.8. The number of aryl methyl sites for hydroxylation is 2. The summed E-state index contributed by atoms with van der Waals surface area (Å²) >= 11 is 0. The van der Waals surface area contributed by atoms with Gasteiger partial charge in [-0.15, -0.1) is 0 Å². The number of fused-ring (bicyclic) bond motifs is 1. The Kier molecular flexibility index (Phi) is 7.54. The van der Waals surface area contributed by atoms with Crippen LogP contribution in [0.2, 0.25) is 0 Å². The Bertz CT molecular complexity index is 1200. The van der Waals surface area contributed by atoms with Crippen molar-refractivity contribution in [1.29, 1.82) is 0 Å². The molecule has 0 bridgehead atoms. The van der Waals surface area contributed by atoms with Gasteiger partial charge in [-0.2, -0.15) is 0 Å². The fourth-order valence-electron chi connectivity index (χ4n) is 4.86. The quantitative estimate of drug-likeness (QED) is 0.482. The number of likely N-dealkylation sites (tertiary alicyclic amines) is 1. The number of nitrogens with one attached hydrogen (secondary N) is 1. The van der Waals surface area contributed by atoms with E-state index in [1.54, 1.807) is 11.9 Å². The summed E-state index contributed by atoms with van der Waals surface area (Å²) in [5.74, 6) is -0.738. The van der Waals surface area contributed by atoms with Crippen molar-refractivity contribution in [1.82, 2.24) is 19.4 Å². The van der Waals surface area contributed by atoms with E-state index in [4.69, 9.17) is 9.47 Å². The average Bonchev–Trinajstić information content (AvgIpc) is 3.06. The van der Waals surface area contributed by atoms with Crippen molar-refractivity contribution in [3.05, 3.63) is 34.2 Å². The zero-order valence-corrected chi connectivity index (χ0v) is 21.5. The fourth-order valence-corrected chi connectivity index (χ4v) is 4.86. The number of benzene rings is 1. The molecule has 3 amide bonds. The molecular weight excluding hydrogens is 464 g/mol. The number of carbonyl (C=O) groups is 3. The van der Waals surface area contributed by atoms with Crippen LogP contribution in [-0.2, 0) is 32.5 Å². The molecule has 2 aromatic rings. The normalized spacial score (nSPS) is 19.6. The van der Waals surface area contributed by atoms with E-state index in [1.165, 1.54) is 9.13 Å². The minimum Gasteiger partial charge on any atom is -0.444 e. The number of imidazole rings is 1. The Morgan fingerprint density at radius 1 is 1.08 bits per heavy atom. The first kappa shape index (κ1) is 25.9. The third-order valence-electron chi connectivity index (χ3n) is 6.73. The van der Waals surface area contributed by atoms with Crippen LogP contribution in [0.1, 0.15) is 64.5 Å². The van der Waals surface area contributed by atoms with Crippen molar-refractivity contribution < 1.29 is 23.9 Å². The fraction of sp³-hybridized carbons (Fsp3) is 0.615. The molecule has 3 heterocycles. The van der Waals surface area contributed by atoms with Crippen LogP contribution >= 0.6 is 0 Å². The van der Waals surface area contributed by atoms with Gasteiger partial charge in [0.1, 0.15) is 11.6 Å². The summed E-state index contributed by atoms with van der Waals surface area (Å²) < 4.78 is 14.6. The smallest absolute Gasteiger partial charge is 0.410 e. The van der Waals surface area contributed by atoms with Crippen LogP contribution in [0.4, 0.5) is 4.79 Å². The first-order valence-electron chi connectivity index (χ1n) is 12.7. The number of amides is 3. The lowest BCUT2D eigenvalue weighted by atomic mass is 10.0. The SMILES string of the molecule is Cn1c(=O)n(C2CCC(=O)NC2=O)c2cc(CCCOC3CCN(C(=O)OC(C)(C)C)CC3)ccc21. The van der Waals surface area contributed by atoms with Crippen molar-refractivity contribution in [3.8, 4) is 0 Å². The lowest BCUT2D eigenvalue weighted by molar-refractivity contribution is -0.135. The van der Waals surface area contributed by atoms with Gasteiger partial charge in [0.2, 0.25) is 11.8 Å². The Balaban J connectivity index is 1.31. The molecule has 0 aliphatic carbocycles. The van der Waals surface area contributed by atoms with E-state index in [9.17, 15) is 19.2 Å². The van der Waals surface area contributed by atoms with Gasteiger partial charge in [0.05, 0.1) is 17.1 Å². The van der Waals surface area contributed by atoms with Crippen LogP contribution in [0, 0.1) is 0 Å². The number of nitrogens with zero attached hydrogens (tertiary/aromatic N) is 3. The first-order chi connectivity index (χ1) is 17.0. The number of imide groups is 1. The monoisotopic (exact) mass is 500 g/mol. The summed E-state index contributed by atoms with van der Waals surface area (Å²) in [6.07, 6.45) is 3.53. The summed E-state index contributed by atoms with van der Waals surface area (Å²) in [5, 5.41) is 2.34. The number of rotatable bonds is 6. The molecule has 10 heteroatoms. The van der Waals surface area contributed by atoms with Crippen molar-refractivity contribution in [2.75, 3.05) is 19.7 Å². The molecule has 2 fully saturated rings. The van der Waals surface area contributed by atoms with Gasteiger partial charge in [-0.3, -0.25) is 24.0 Å². The lowest BCUT2D eigenvalue weighted by Crippen LogP contribution is -2.44. The molecule has 10 nitrogen and oxygen atoms in total. The molecule has 1 aromatic heterocycles. The van der Waals surface area contributed by atoms with E-state index < -0.39 is 17.6 Å². The number of aromatic nitrogens is 2. The first-order valence-corrected chi connectivity index (χ1v) is 12.7. The molecule has 196 valence electrons. The highest BCUT2D eigenvalue weighted by atomic mass is 16.6. The maximum absolute atomic E-state index is 12.9. The molecule has 1 unspecified atom stereocenters. The zero-order chi connectivity index (χ0) is 26.0. The van der Waals surface area contributed by atoms with E-state index in [2.05, 4.69) is 5.32 Å². The van der Waals surface area contributed by atoms with Gasteiger partial charge >= 0.3 is 11.8 Å². The van der Waals surface area contributed by atoms with E-state index in [1.807, 2.05) is 39.0 Å². The van der Waals surface area contributed by atoms with Crippen LogP contribution in [0.25, 0.3) is 11.0 Å². The molecule has 4 rings (SSSR count). The van der Waals surface area contributed by atoms with E-state index in [-0.39, 0.29) is 30.2 Å². The molecule has 36 heavy (non-hydrogen) atoms. The van der Waals surface area contributed by atoms with E-state index in [0.717, 1.165) is 36.8 Å². The van der Waals surface area contributed by atoms with Crippen molar-refractivity contribution in [3.63, 3.8) is 0 Å². The summed E-state index contributed by atoms with van der Waals surface area (Å²) in [6, 6.07) is 5.17. The van der Waals surface area contributed by atoms with Gasteiger partial charge in [-0.05, 0) is 70.6 Å². The van der Waals surface area contributed by atoms with Gasteiger partial charge in [0, 0.05) is 33.2 Å². The molecule has 1 atom stereocenters. The Hall–Kier alpha value is -3.14. The highest BCUT2D eigenvalue weighted by Crippen LogP contribution is 2.24. The highest BCUT2D eigenvalue weighted by molar-refractivity contribution is 6.00. The summed E-state index contributed by atoms with van der Waals surface area (Å²) in [7, 11) is 1.69. The Morgan fingerprint density at radius 2 is 1.81 bits per heavy atom. The second-order valence-electron chi connectivity index (χ2n) is 10.6. The Morgan fingerprint density at radius 3 is 2.47 bits per heavy atom. The van der Waals surface area contributed by atoms with Crippen LogP contribution in [-0.4, -0.2) is 63.3 Å². The standard InChI is InChI=1S/C26H36N4O6/c1-26(2,3)36-25(34)29-13-11-18(12-14-29)35-15-5-6-17-7-8-19-21(16-17)30(24(33)28(19)4)20-9-10-22(31)27-23(20)32/h7-8,16,18,20H,5-6,9-15H2,1-4H3,(H,27,31,32). The van der Waals surface area contributed by atoms with Gasteiger partial charge in [-0.1, -0.05) is 6.07 Å². The maximum atomic E-state index is 12.9. The average molecular weight is 501 g/mol. The number of hydrogen-bond acceptors (Lipinski definition) is 6. The molecule has 1 N–H and O–H groups in total. The predicted octanol–water partition coefficient (Wildman–Crippen LogP) is 2.67. The van der Waals surface area contributed by atoms with E-state index >= 15 is 0 Å². The molecule has 2 saturated heterocycles. The third kappa shape index (κ3) is 5.80. The Labute approximate surface area is 210 Å². The molecule has 0 radical (unpaired) electrons. The molecule has 2 aliphatic heterocycles. The topological polar surface area (TPSA) is 112 Å². The van der Waals surface area contributed by atoms with E-state index in [0.29, 0.717) is 31.6 Å². The van der Waals surface area contributed by atoms with Crippen molar-refractivity contribution in [2.45, 2.75) is 77.0 Å². The number of ether oxygens (including phenoxy) is 2. The minimum absolute atomic E-state index is 0.123. The molecule has 1 aromatic carbocycles. The number of hydrogen-bond donors (Lipinski definition) is 1. The minimum atomic E-state index is -0.691. The van der Waals surface area contributed by atoms with Crippen LogP contribution in [0.5, 0.6) is 0 Å². The largest absolute Gasteiger partial charge is 0.444 e. The van der Waals surface area contributed by atoms with Crippen LogP contribution < -0.4 is 11.0 Å². The number of carbonyl (C=O) groups excluding carboxylic acids is 3. The summed E-state index contributed by atoms with van der Waals surface area (Å²) in [6.45, 7) is 7.45. The zero-order valence-electron chi connectivity index (χ0n) is 21.5. The van der Waals surface area contributed by atoms with Gasteiger partial charge in [-0.25, -0.2) is 9.59 Å². The van der Waals surface area contributed by atoms with Gasteiger partial charge in [0.15, 0.2) is 0 Å². The predicted molar refractivity (Wildman–Crippen MR) is 134 cm³/mol. The summed E-state index contributed by atoms with van der Waals surface area (Å²) in [5.41, 5.74) is 1.74. The van der Waals surface area contributed by atoms with Crippen molar-refractivity contribution in [2.24, 2.45) is 7.05 Å². The highest BCUT2D eigenvalue weighted by Gasteiger charge is 2.31. The second-order valence-corrected chi connectivity index (χ2v) is 10.6. The molecule has 2 aliphatic rings. The maximum Gasteiger partial charge on any atom is 0.410 e. The molecular formula is C26H36N4O6. The van der Waals surface area contributed by atoms with Crippen LogP contribution in [0.15, 0.2) is 23.0 Å². The van der Waals surface area contributed by atoms with Crippen LogP contribution in [0.3, 0.4) is 0 Å². The lowest BCUT2D eigenvalue weighted by Gasteiger charge is -2.33. The molecule has 0 saturated carbocycles. The van der Waals surface area contributed by atoms with Gasteiger partial charge < -0.3 is 14.4 Å². The third-order valence-corrected chi connectivity index (χ3v) is 6.73. The van der Waals surface area contributed by atoms with Crippen molar-refractivity contribution >= 4 is 28.9 Å². The second kappa shape index (κ2) is 10.5. The molecule has 0 spiro atoms. The number of piperidine rings is 2.